The van der Waals surface area contributed by atoms with E-state index in [0.29, 0.717) is 30.8 Å². The third-order valence-corrected chi connectivity index (χ3v) is 5.65. The molecule has 0 radical (unpaired) electrons. The zero-order valence-electron chi connectivity index (χ0n) is 17.7. The van der Waals surface area contributed by atoms with Crippen molar-refractivity contribution in [2.24, 2.45) is 0 Å². The third-order valence-electron chi connectivity index (χ3n) is 5.65. The van der Waals surface area contributed by atoms with Gasteiger partial charge >= 0.3 is 0 Å². The summed E-state index contributed by atoms with van der Waals surface area (Å²) in [4.78, 5) is 14.3. The number of hydrogen-bond acceptors (Lipinski definition) is 3. The van der Waals surface area contributed by atoms with Crippen molar-refractivity contribution in [1.29, 1.82) is 0 Å². The normalized spacial score (nSPS) is 15.5. The number of fused-ring (bicyclic) bond motifs is 1. The fraction of sp³-hybridized carbons (Fsp3) is 0.333. The van der Waals surface area contributed by atoms with E-state index in [2.05, 4.69) is 10.4 Å². The van der Waals surface area contributed by atoms with Crippen molar-refractivity contribution >= 4 is 5.91 Å². The minimum absolute atomic E-state index is 0.0990. The molecule has 0 saturated carbocycles. The van der Waals surface area contributed by atoms with Crippen LogP contribution >= 0.6 is 0 Å². The molecule has 1 aliphatic rings. The van der Waals surface area contributed by atoms with Crippen molar-refractivity contribution in [3.8, 4) is 0 Å². The predicted octanol–water partition coefficient (Wildman–Crippen LogP) is 3.56. The number of aromatic nitrogens is 2. The molecule has 3 aromatic rings. The van der Waals surface area contributed by atoms with Crippen LogP contribution < -0.4 is 5.32 Å². The Morgan fingerprint density at radius 2 is 1.84 bits per heavy atom. The summed E-state index contributed by atoms with van der Waals surface area (Å²) in [7, 11) is 3.45. The Bertz CT molecular complexity index is 1060. The van der Waals surface area contributed by atoms with Gasteiger partial charge in [-0.25, -0.2) is 8.78 Å². The number of benzene rings is 2. The van der Waals surface area contributed by atoms with Crippen LogP contribution in [0.25, 0.3) is 0 Å². The Labute approximate surface area is 180 Å². The second-order valence-corrected chi connectivity index (χ2v) is 8.22. The maximum atomic E-state index is 13.5. The van der Waals surface area contributed by atoms with Gasteiger partial charge in [-0.2, -0.15) is 5.10 Å². The Morgan fingerprint density at radius 3 is 2.52 bits per heavy atom. The summed E-state index contributed by atoms with van der Waals surface area (Å²) < 4.78 is 28.9. The first kappa shape index (κ1) is 21.2. The number of carbonyl (C=O) groups is 1. The monoisotopic (exact) mass is 424 g/mol. The van der Waals surface area contributed by atoms with Gasteiger partial charge in [0.2, 0.25) is 0 Å². The molecule has 162 valence electrons. The standard InChI is InChI=1S/C24H26F2N4O/c1-29(2)24(31)23-21-13-20(27-14-17-10-18(25)12-19(26)11-17)8-9-22(21)30(28-23)15-16-6-4-3-5-7-16/h3-7,10-12,20,27H,8-9,13-15H2,1-2H3/t20-/m1/s1. The second kappa shape index (κ2) is 8.98. The summed E-state index contributed by atoms with van der Waals surface area (Å²) in [6.07, 6.45) is 2.29. The van der Waals surface area contributed by atoms with Gasteiger partial charge in [-0.15, -0.1) is 0 Å². The molecule has 0 unspecified atom stereocenters. The first-order chi connectivity index (χ1) is 14.9. The van der Waals surface area contributed by atoms with Crippen LogP contribution in [-0.2, 0) is 25.9 Å². The van der Waals surface area contributed by atoms with Crippen LogP contribution in [0.15, 0.2) is 48.5 Å². The highest BCUT2D eigenvalue weighted by atomic mass is 19.1. The van der Waals surface area contributed by atoms with Gasteiger partial charge < -0.3 is 10.2 Å². The zero-order chi connectivity index (χ0) is 22.0. The first-order valence-electron chi connectivity index (χ1n) is 10.4. The summed E-state index contributed by atoms with van der Waals surface area (Å²) in [5, 5.41) is 8.07. The summed E-state index contributed by atoms with van der Waals surface area (Å²) in [6, 6.07) is 13.7. The Hall–Kier alpha value is -3.06. The third kappa shape index (κ3) is 4.82. The van der Waals surface area contributed by atoms with Crippen LogP contribution in [-0.4, -0.2) is 40.7 Å². The average molecular weight is 424 g/mol. The molecule has 4 rings (SSSR count). The summed E-state index contributed by atoms with van der Waals surface area (Å²) >= 11 is 0. The van der Waals surface area contributed by atoms with E-state index in [0.717, 1.165) is 35.7 Å². The largest absolute Gasteiger partial charge is 0.343 e. The van der Waals surface area contributed by atoms with Crippen molar-refractivity contribution in [3.05, 3.63) is 88.2 Å². The SMILES string of the molecule is CN(C)C(=O)c1nn(Cc2ccccc2)c2c1C[C@H](NCc1cc(F)cc(F)c1)CC2. The number of carbonyl (C=O) groups excluding carboxylic acids is 1. The second-order valence-electron chi connectivity index (χ2n) is 8.22. The molecule has 0 aliphatic heterocycles. The van der Waals surface area contributed by atoms with E-state index in [9.17, 15) is 13.6 Å². The van der Waals surface area contributed by atoms with Crippen LogP contribution in [0.5, 0.6) is 0 Å². The van der Waals surface area contributed by atoms with E-state index in [1.807, 2.05) is 35.0 Å². The number of halogens is 2. The van der Waals surface area contributed by atoms with E-state index < -0.39 is 11.6 Å². The van der Waals surface area contributed by atoms with Gasteiger partial charge in [-0.1, -0.05) is 30.3 Å². The summed E-state index contributed by atoms with van der Waals surface area (Å²) in [5.74, 6) is -1.27. The van der Waals surface area contributed by atoms with Gasteiger partial charge in [0.05, 0.1) is 6.54 Å². The lowest BCUT2D eigenvalue weighted by Crippen LogP contribution is -2.35. The van der Waals surface area contributed by atoms with Crippen molar-refractivity contribution < 1.29 is 13.6 Å². The van der Waals surface area contributed by atoms with Crippen LogP contribution in [0, 0.1) is 11.6 Å². The van der Waals surface area contributed by atoms with E-state index in [1.165, 1.54) is 12.1 Å². The van der Waals surface area contributed by atoms with E-state index in [4.69, 9.17) is 0 Å². The fourth-order valence-electron chi connectivity index (χ4n) is 4.11. The molecule has 2 aromatic carbocycles. The number of nitrogens with one attached hydrogen (secondary N) is 1. The molecular formula is C24H26F2N4O. The molecule has 0 saturated heterocycles. The van der Waals surface area contributed by atoms with E-state index in [-0.39, 0.29) is 11.9 Å². The van der Waals surface area contributed by atoms with Crippen LogP contribution in [0.4, 0.5) is 8.78 Å². The van der Waals surface area contributed by atoms with Gasteiger partial charge in [0.1, 0.15) is 11.6 Å². The highest BCUT2D eigenvalue weighted by Crippen LogP contribution is 2.27. The van der Waals surface area contributed by atoms with Crippen molar-refractivity contribution in [3.63, 3.8) is 0 Å². The predicted molar refractivity (Wildman–Crippen MR) is 115 cm³/mol. The molecule has 1 atom stereocenters. The van der Waals surface area contributed by atoms with Crippen LogP contribution in [0.1, 0.15) is 39.3 Å². The maximum absolute atomic E-state index is 13.5. The topological polar surface area (TPSA) is 50.2 Å². The molecule has 31 heavy (non-hydrogen) atoms. The average Bonchev–Trinajstić information content (AvgIpc) is 3.09. The van der Waals surface area contributed by atoms with Gasteiger partial charge in [-0.3, -0.25) is 9.48 Å². The number of rotatable bonds is 6. The van der Waals surface area contributed by atoms with E-state index in [1.54, 1.807) is 19.0 Å². The highest BCUT2D eigenvalue weighted by Gasteiger charge is 2.29. The molecule has 1 heterocycles. The quantitative estimate of drug-likeness (QED) is 0.658. The Balaban J connectivity index is 1.55. The zero-order valence-corrected chi connectivity index (χ0v) is 17.7. The molecule has 1 amide bonds. The number of hydrogen-bond donors (Lipinski definition) is 1. The number of nitrogens with zero attached hydrogens (tertiary/aromatic N) is 3. The minimum Gasteiger partial charge on any atom is -0.343 e. The van der Waals surface area contributed by atoms with Gasteiger partial charge in [0, 0.05) is 44.0 Å². The minimum atomic E-state index is -0.580. The fourth-order valence-corrected chi connectivity index (χ4v) is 4.11. The molecular weight excluding hydrogens is 398 g/mol. The maximum Gasteiger partial charge on any atom is 0.274 e. The molecule has 5 nitrogen and oxygen atoms in total. The van der Waals surface area contributed by atoms with Crippen molar-refractivity contribution in [1.82, 2.24) is 20.0 Å². The molecule has 0 bridgehead atoms. The Morgan fingerprint density at radius 1 is 1.13 bits per heavy atom. The Kier molecular flexibility index (Phi) is 6.13. The van der Waals surface area contributed by atoms with Crippen molar-refractivity contribution in [2.75, 3.05) is 14.1 Å². The van der Waals surface area contributed by atoms with Crippen LogP contribution in [0.2, 0.25) is 0 Å². The smallest absolute Gasteiger partial charge is 0.274 e. The molecule has 0 fully saturated rings. The lowest BCUT2D eigenvalue weighted by molar-refractivity contribution is 0.0820. The van der Waals surface area contributed by atoms with E-state index >= 15 is 0 Å². The van der Waals surface area contributed by atoms with Gasteiger partial charge in [-0.05, 0) is 42.5 Å². The number of amides is 1. The van der Waals surface area contributed by atoms with Gasteiger partial charge in [0.15, 0.2) is 5.69 Å². The molecule has 1 aromatic heterocycles. The summed E-state index contributed by atoms with van der Waals surface area (Å²) in [6.45, 7) is 0.980. The van der Waals surface area contributed by atoms with Crippen LogP contribution in [0.3, 0.4) is 0 Å². The lowest BCUT2D eigenvalue weighted by Gasteiger charge is -2.25. The first-order valence-corrected chi connectivity index (χ1v) is 10.4. The summed E-state index contributed by atoms with van der Waals surface area (Å²) in [5.41, 5.74) is 4.23. The molecule has 1 aliphatic carbocycles. The van der Waals surface area contributed by atoms with Gasteiger partial charge in [0.25, 0.3) is 5.91 Å². The molecule has 1 N–H and O–H groups in total. The lowest BCUT2D eigenvalue weighted by atomic mass is 9.91. The molecule has 0 spiro atoms. The van der Waals surface area contributed by atoms with Crippen molar-refractivity contribution in [2.45, 2.75) is 38.4 Å². The highest BCUT2D eigenvalue weighted by molar-refractivity contribution is 5.93. The molecule has 7 heteroatoms.